The first kappa shape index (κ1) is 10.0. The Bertz CT molecular complexity index is 362. The molecule has 1 aliphatic heterocycles. The fourth-order valence-corrected chi connectivity index (χ4v) is 1.71. The maximum absolute atomic E-state index is 11.0. The molecule has 1 N–H and O–H groups in total. The lowest BCUT2D eigenvalue weighted by Gasteiger charge is -2.11. The number of hydrogen-bond acceptors (Lipinski definition) is 2. The van der Waals surface area contributed by atoms with Crippen LogP contribution in [0.15, 0.2) is 24.3 Å². The molecule has 1 saturated heterocycles. The van der Waals surface area contributed by atoms with E-state index in [9.17, 15) is 4.79 Å². The van der Waals surface area contributed by atoms with E-state index < -0.39 is 0 Å². The molecule has 3 heteroatoms. The fourth-order valence-electron chi connectivity index (χ4n) is 1.71. The molecular formula is C12H15NO2. The Balaban J connectivity index is 1.88. The van der Waals surface area contributed by atoms with E-state index in [-0.39, 0.29) is 5.91 Å². The molecule has 0 bridgehead atoms. The van der Waals surface area contributed by atoms with Crippen molar-refractivity contribution in [1.82, 2.24) is 5.32 Å². The highest BCUT2D eigenvalue weighted by molar-refractivity contribution is 5.78. The molecule has 15 heavy (non-hydrogen) atoms. The second-order valence-electron chi connectivity index (χ2n) is 3.95. The van der Waals surface area contributed by atoms with E-state index in [1.165, 1.54) is 0 Å². The van der Waals surface area contributed by atoms with Crippen molar-refractivity contribution in [1.29, 1.82) is 0 Å². The van der Waals surface area contributed by atoms with Gasteiger partial charge in [0.05, 0.1) is 6.61 Å². The van der Waals surface area contributed by atoms with E-state index in [1.807, 2.05) is 31.2 Å². The van der Waals surface area contributed by atoms with E-state index in [0.717, 1.165) is 17.9 Å². The summed E-state index contributed by atoms with van der Waals surface area (Å²) in [6, 6.07) is 7.93. The number of amides is 1. The number of nitrogens with one attached hydrogen (secondary N) is 1. The van der Waals surface area contributed by atoms with Crippen LogP contribution in [0, 0.1) is 12.8 Å². The van der Waals surface area contributed by atoms with E-state index >= 15 is 0 Å². The molecule has 1 heterocycles. The lowest BCUT2D eigenvalue weighted by molar-refractivity contribution is -0.119. The first-order chi connectivity index (χ1) is 7.25. The summed E-state index contributed by atoms with van der Waals surface area (Å²) in [5, 5.41) is 2.80. The molecule has 1 aromatic carbocycles. The molecule has 1 aromatic rings. The second-order valence-corrected chi connectivity index (χ2v) is 3.95. The molecule has 0 aromatic heterocycles. The van der Waals surface area contributed by atoms with Gasteiger partial charge < -0.3 is 10.1 Å². The van der Waals surface area contributed by atoms with Crippen molar-refractivity contribution in [2.75, 3.05) is 13.2 Å². The van der Waals surface area contributed by atoms with Crippen LogP contribution in [-0.2, 0) is 4.79 Å². The number of hydrogen-bond donors (Lipinski definition) is 1. The van der Waals surface area contributed by atoms with Crippen LogP contribution in [0.25, 0.3) is 0 Å². The molecule has 1 amide bonds. The van der Waals surface area contributed by atoms with Crippen molar-refractivity contribution in [3.8, 4) is 5.75 Å². The van der Waals surface area contributed by atoms with Gasteiger partial charge >= 0.3 is 0 Å². The second kappa shape index (κ2) is 4.34. The summed E-state index contributed by atoms with van der Waals surface area (Å²) in [4.78, 5) is 11.0. The van der Waals surface area contributed by atoms with Crippen LogP contribution in [0.2, 0.25) is 0 Å². The van der Waals surface area contributed by atoms with Crippen LogP contribution in [-0.4, -0.2) is 19.1 Å². The highest BCUT2D eigenvalue weighted by Gasteiger charge is 2.21. The molecule has 1 aliphatic rings. The number of rotatable bonds is 3. The maximum atomic E-state index is 11.0. The quantitative estimate of drug-likeness (QED) is 0.812. The molecule has 2 rings (SSSR count). The van der Waals surface area contributed by atoms with Gasteiger partial charge in [-0.3, -0.25) is 4.79 Å². The molecule has 0 radical (unpaired) electrons. The molecule has 1 fully saturated rings. The minimum atomic E-state index is 0.133. The first-order valence-electron chi connectivity index (χ1n) is 5.21. The summed E-state index contributed by atoms with van der Waals surface area (Å²) in [5.74, 6) is 1.36. The summed E-state index contributed by atoms with van der Waals surface area (Å²) in [7, 11) is 0. The van der Waals surface area contributed by atoms with Gasteiger partial charge in [0.1, 0.15) is 5.75 Å². The summed E-state index contributed by atoms with van der Waals surface area (Å²) in [5.41, 5.74) is 1.13. The number of carbonyl (C=O) groups excluding carboxylic acids is 1. The van der Waals surface area contributed by atoms with Crippen molar-refractivity contribution in [3.63, 3.8) is 0 Å². The van der Waals surface area contributed by atoms with Crippen LogP contribution >= 0.6 is 0 Å². The summed E-state index contributed by atoms with van der Waals surface area (Å²) >= 11 is 0. The predicted molar refractivity (Wildman–Crippen MR) is 57.8 cm³/mol. The Morgan fingerprint density at radius 3 is 2.93 bits per heavy atom. The van der Waals surface area contributed by atoms with E-state index in [4.69, 9.17) is 4.74 Å². The average molecular weight is 205 g/mol. The fraction of sp³-hybridized carbons (Fsp3) is 0.417. The smallest absolute Gasteiger partial charge is 0.220 e. The Hall–Kier alpha value is -1.51. The summed E-state index contributed by atoms with van der Waals surface area (Å²) < 4.78 is 5.68. The minimum absolute atomic E-state index is 0.133. The van der Waals surface area contributed by atoms with Gasteiger partial charge in [0.25, 0.3) is 0 Å². The Labute approximate surface area is 89.4 Å². The van der Waals surface area contributed by atoms with Crippen LogP contribution in [0.4, 0.5) is 0 Å². The summed E-state index contributed by atoms with van der Waals surface area (Å²) in [6.45, 7) is 3.38. The van der Waals surface area contributed by atoms with E-state index in [1.54, 1.807) is 0 Å². The summed E-state index contributed by atoms with van der Waals surface area (Å²) in [6.07, 6.45) is 0.589. The molecule has 1 unspecified atom stereocenters. The molecule has 0 spiro atoms. The highest BCUT2D eigenvalue weighted by Crippen LogP contribution is 2.18. The zero-order valence-electron chi connectivity index (χ0n) is 8.82. The monoisotopic (exact) mass is 205 g/mol. The number of ether oxygens (including phenoxy) is 1. The molecule has 1 atom stereocenters. The largest absolute Gasteiger partial charge is 0.493 e. The van der Waals surface area contributed by atoms with Crippen LogP contribution in [0.3, 0.4) is 0 Å². The van der Waals surface area contributed by atoms with Crippen molar-refractivity contribution in [2.24, 2.45) is 5.92 Å². The maximum Gasteiger partial charge on any atom is 0.220 e. The Morgan fingerprint density at radius 1 is 1.47 bits per heavy atom. The van der Waals surface area contributed by atoms with Gasteiger partial charge in [-0.15, -0.1) is 0 Å². The SMILES string of the molecule is Cc1ccccc1OCC1CNC(=O)C1. The minimum Gasteiger partial charge on any atom is -0.493 e. The zero-order valence-corrected chi connectivity index (χ0v) is 8.82. The molecule has 80 valence electrons. The topological polar surface area (TPSA) is 38.3 Å². The third kappa shape index (κ3) is 2.49. The van der Waals surface area contributed by atoms with Gasteiger partial charge in [0.2, 0.25) is 5.91 Å². The third-order valence-electron chi connectivity index (χ3n) is 2.63. The number of aryl methyl sites for hydroxylation is 1. The van der Waals surface area contributed by atoms with Crippen molar-refractivity contribution >= 4 is 5.91 Å². The lowest BCUT2D eigenvalue weighted by atomic mass is 10.1. The van der Waals surface area contributed by atoms with Crippen LogP contribution in [0.1, 0.15) is 12.0 Å². The molecule has 0 aliphatic carbocycles. The van der Waals surface area contributed by atoms with Gasteiger partial charge in [-0.05, 0) is 18.6 Å². The van der Waals surface area contributed by atoms with Gasteiger partial charge in [-0.1, -0.05) is 18.2 Å². The van der Waals surface area contributed by atoms with E-state index in [2.05, 4.69) is 5.32 Å². The predicted octanol–water partition coefficient (Wildman–Crippen LogP) is 1.51. The third-order valence-corrected chi connectivity index (χ3v) is 2.63. The Morgan fingerprint density at radius 2 is 2.27 bits per heavy atom. The van der Waals surface area contributed by atoms with Gasteiger partial charge in [-0.2, -0.15) is 0 Å². The van der Waals surface area contributed by atoms with E-state index in [0.29, 0.717) is 18.9 Å². The number of carbonyl (C=O) groups is 1. The molecule has 3 nitrogen and oxygen atoms in total. The van der Waals surface area contributed by atoms with Crippen LogP contribution < -0.4 is 10.1 Å². The standard InChI is InChI=1S/C12H15NO2/c1-9-4-2-3-5-11(9)15-8-10-6-12(14)13-7-10/h2-5,10H,6-8H2,1H3,(H,13,14). The normalized spacial score (nSPS) is 20.1. The zero-order chi connectivity index (χ0) is 10.7. The molecule has 0 saturated carbocycles. The number of para-hydroxylation sites is 1. The van der Waals surface area contributed by atoms with Crippen molar-refractivity contribution < 1.29 is 9.53 Å². The van der Waals surface area contributed by atoms with Gasteiger partial charge in [0.15, 0.2) is 0 Å². The lowest BCUT2D eigenvalue weighted by Crippen LogP contribution is -2.16. The average Bonchev–Trinajstić information content (AvgIpc) is 2.63. The first-order valence-corrected chi connectivity index (χ1v) is 5.21. The van der Waals surface area contributed by atoms with Gasteiger partial charge in [-0.25, -0.2) is 0 Å². The number of benzene rings is 1. The van der Waals surface area contributed by atoms with Gasteiger partial charge in [0, 0.05) is 18.9 Å². The highest BCUT2D eigenvalue weighted by atomic mass is 16.5. The molecular weight excluding hydrogens is 190 g/mol. The van der Waals surface area contributed by atoms with Crippen molar-refractivity contribution in [2.45, 2.75) is 13.3 Å². The van der Waals surface area contributed by atoms with Crippen LogP contribution in [0.5, 0.6) is 5.75 Å². The Kier molecular flexibility index (Phi) is 2.90. The van der Waals surface area contributed by atoms with Crippen molar-refractivity contribution in [3.05, 3.63) is 29.8 Å².